The Balaban J connectivity index is 1.62. The molecule has 2 atom stereocenters. The maximum atomic E-state index is 13.8. The van der Waals surface area contributed by atoms with Crippen molar-refractivity contribution in [1.29, 1.82) is 0 Å². The average molecular weight is 457 g/mol. The fraction of sp³-hybridized carbons (Fsp3) is 0.154. The molecule has 0 amide bonds. The smallest absolute Gasteiger partial charge is 0.227 e. The summed E-state index contributed by atoms with van der Waals surface area (Å²) in [5.74, 6) is 1.20. The van der Waals surface area contributed by atoms with Gasteiger partial charge in [-0.1, -0.05) is 65.9 Å². The van der Waals surface area contributed by atoms with Crippen molar-refractivity contribution >= 4 is 23.4 Å². The van der Waals surface area contributed by atoms with Crippen molar-refractivity contribution in [2.75, 3.05) is 11.6 Å². The van der Waals surface area contributed by atoms with Crippen molar-refractivity contribution in [3.8, 4) is 5.75 Å². The Labute approximate surface area is 195 Å². The van der Waals surface area contributed by atoms with E-state index in [2.05, 4.69) is 36.5 Å². The molecule has 0 unspecified atom stereocenters. The topological polar surface area (TPSA) is 52.0 Å². The predicted octanol–water partition coefficient (Wildman–Crippen LogP) is 6.01. The number of fused-ring (bicyclic) bond motifs is 3. The molecule has 0 saturated heterocycles. The number of aromatic nitrogens is 3. The van der Waals surface area contributed by atoms with Gasteiger partial charge in [0, 0.05) is 11.1 Å². The number of ether oxygens (including phenoxy) is 1. The third-order valence-corrected chi connectivity index (χ3v) is 6.65. The zero-order chi connectivity index (χ0) is 22.5. The van der Waals surface area contributed by atoms with Crippen LogP contribution in [0.4, 0.5) is 10.3 Å². The van der Waals surface area contributed by atoms with Crippen molar-refractivity contribution in [3.05, 3.63) is 106 Å². The van der Waals surface area contributed by atoms with Crippen LogP contribution in [0.2, 0.25) is 0 Å². The van der Waals surface area contributed by atoms with E-state index in [0.29, 0.717) is 11.1 Å². The lowest BCUT2D eigenvalue weighted by atomic mass is 9.84. The molecule has 3 aromatic carbocycles. The van der Waals surface area contributed by atoms with Gasteiger partial charge in [0.2, 0.25) is 11.1 Å². The van der Waals surface area contributed by atoms with Crippen LogP contribution < -0.4 is 10.1 Å². The molecule has 5 nitrogen and oxygen atoms in total. The number of nitrogens with one attached hydrogen (secondary N) is 1. The quantitative estimate of drug-likeness (QED) is 0.383. The number of thioether (sulfide) groups is 1. The van der Waals surface area contributed by atoms with Crippen LogP contribution in [0.5, 0.6) is 5.75 Å². The molecule has 33 heavy (non-hydrogen) atoms. The summed E-state index contributed by atoms with van der Waals surface area (Å²) < 4.78 is 22.3. The Kier molecular flexibility index (Phi) is 4.73. The van der Waals surface area contributed by atoms with Crippen LogP contribution in [0.3, 0.4) is 0 Å². The Bertz CT molecular complexity index is 1380. The lowest BCUT2D eigenvalue weighted by molar-refractivity contribution is 0.223. The maximum Gasteiger partial charge on any atom is 0.227 e. The molecular formula is C26H21FN4OS. The van der Waals surface area contributed by atoms with Crippen LogP contribution in [0, 0.1) is 12.7 Å². The molecule has 2 aliphatic heterocycles. The van der Waals surface area contributed by atoms with Gasteiger partial charge in [0.05, 0.1) is 5.70 Å². The molecule has 0 fully saturated rings. The molecule has 4 aromatic rings. The van der Waals surface area contributed by atoms with Gasteiger partial charge in [0.25, 0.3) is 0 Å². The van der Waals surface area contributed by atoms with Gasteiger partial charge < -0.3 is 10.1 Å². The molecule has 164 valence electrons. The van der Waals surface area contributed by atoms with Gasteiger partial charge in [-0.15, -0.1) is 5.10 Å². The highest BCUT2D eigenvalue weighted by molar-refractivity contribution is 7.98. The standard InChI is InChI=1S/C26H21FN4OS/c1-15-7-9-17(10-8-15)24-21-22(19-5-3-4-6-20(19)32-24)28-25-29-26(33-2)30-31(25)23(21)16-11-13-18(27)14-12-16/h3-14,23-24H,1-2H3,(H,28,29,30)/t23-,24-/m1/s1. The number of para-hydroxylation sites is 1. The van der Waals surface area contributed by atoms with Crippen LogP contribution in [0.1, 0.15) is 34.4 Å². The van der Waals surface area contributed by atoms with Crippen LogP contribution in [0.15, 0.2) is 83.5 Å². The highest BCUT2D eigenvalue weighted by Crippen LogP contribution is 2.50. The van der Waals surface area contributed by atoms with Crippen molar-refractivity contribution in [1.82, 2.24) is 14.8 Å². The van der Waals surface area contributed by atoms with Gasteiger partial charge >= 0.3 is 0 Å². The molecule has 1 aromatic heterocycles. The number of rotatable bonds is 3. The molecule has 0 saturated carbocycles. The van der Waals surface area contributed by atoms with E-state index < -0.39 is 0 Å². The second kappa shape index (κ2) is 7.78. The lowest BCUT2D eigenvalue weighted by Gasteiger charge is -2.39. The molecular weight excluding hydrogens is 435 g/mol. The molecule has 0 aliphatic carbocycles. The van der Waals surface area contributed by atoms with E-state index in [1.807, 2.05) is 47.3 Å². The first-order chi connectivity index (χ1) is 16.1. The van der Waals surface area contributed by atoms with Crippen LogP contribution in [-0.2, 0) is 0 Å². The molecule has 3 heterocycles. The summed E-state index contributed by atoms with van der Waals surface area (Å²) in [6.45, 7) is 2.07. The summed E-state index contributed by atoms with van der Waals surface area (Å²) in [5.41, 5.74) is 6.11. The minimum Gasteiger partial charge on any atom is -0.480 e. The normalized spacial score (nSPS) is 18.6. The number of anilines is 1. The van der Waals surface area contributed by atoms with E-state index in [1.54, 1.807) is 0 Å². The second-order valence-electron chi connectivity index (χ2n) is 8.18. The third-order valence-electron chi connectivity index (χ3n) is 6.11. The first-order valence-corrected chi connectivity index (χ1v) is 11.9. The largest absolute Gasteiger partial charge is 0.480 e. The summed E-state index contributed by atoms with van der Waals surface area (Å²) in [6.07, 6.45) is 1.61. The number of hydrogen-bond donors (Lipinski definition) is 1. The molecule has 0 spiro atoms. The van der Waals surface area contributed by atoms with Crippen LogP contribution in [-0.4, -0.2) is 21.0 Å². The summed E-state index contributed by atoms with van der Waals surface area (Å²) in [5, 5.41) is 8.97. The zero-order valence-electron chi connectivity index (χ0n) is 18.1. The summed E-state index contributed by atoms with van der Waals surface area (Å²) >= 11 is 1.49. The van der Waals surface area contributed by atoms with Gasteiger partial charge in [-0.3, -0.25) is 0 Å². The highest BCUT2D eigenvalue weighted by atomic mass is 32.2. The van der Waals surface area contributed by atoms with Crippen molar-refractivity contribution in [2.45, 2.75) is 24.2 Å². The molecule has 2 aliphatic rings. The fourth-order valence-electron chi connectivity index (χ4n) is 4.53. The van der Waals surface area contributed by atoms with E-state index in [-0.39, 0.29) is 18.0 Å². The Morgan fingerprint density at radius 2 is 1.70 bits per heavy atom. The molecule has 1 N–H and O–H groups in total. The van der Waals surface area contributed by atoms with Crippen molar-refractivity contribution < 1.29 is 9.13 Å². The van der Waals surface area contributed by atoms with E-state index in [0.717, 1.165) is 33.7 Å². The molecule has 0 radical (unpaired) electrons. The predicted molar refractivity (Wildman–Crippen MR) is 128 cm³/mol. The van der Waals surface area contributed by atoms with E-state index >= 15 is 0 Å². The number of halogens is 1. The van der Waals surface area contributed by atoms with Gasteiger partial charge in [-0.2, -0.15) is 4.98 Å². The zero-order valence-corrected chi connectivity index (χ0v) is 18.9. The van der Waals surface area contributed by atoms with E-state index in [1.165, 1.54) is 29.5 Å². The number of aryl methyl sites for hydroxylation is 1. The first kappa shape index (κ1) is 20.1. The summed E-state index contributed by atoms with van der Waals surface area (Å²) in [7, 11) is 0. The minimum atomic E-state index is -0.340. The fourth-order valence-corrected chi connectivity index (χ4v) is 4.87. The van der Waals surface area contributed by atoms with Gasteiger partial charge in [-0.25, -0.2) is 9.07 Å². The molecule has 7 heteroatoms. The Morgan fingerprint density at radius 3 is 2.45 bits per heavy atom. The van der Waals surface area contributed by atoms with Gasteiger partial charge in [-0.05, 0) is 48.6 Å². The van der Waals surface area contributed by atoms with Gasteiger partial charge in [0.15, 0.2) is 0 Å². The number of hydrogen-bond acceptors (Lipinski definition) is 5. The second-order valence-corrected chi connectivity index (χ2v) is 8.95. The Hall–Kier alpha value is -3.58. The van der Waals surface area contributed by atoms with Crippen molar-refractivity contribution in [2.24, 2.45) is 0 Å². The monoisotopic (exact) mass is 456 g/mol. The number of benzene rings is 3. The number of nitrogens with zero attached hydrogens (tertiary/aromatic N) is 3. The maximum absolute atomic E-state index is 13.8. The summed E-state index contributed by atoms with van der Waals surface area (Å²) in [4.78, 5) is 4.69. The van der Waals surface area contributed by atoms with E-state index in [4.69, 9.17) is 14.8 Å². The highest BCUT2D eigenvalue weighted by Gasteiger charge is 2.41. The van der Waals surface area contributed by atoms with Gasteiger partial charge in [0.1, 0.15) is 23.7 Å². The molecule has 0 bridgehead atoms. The Morgan fingerprint density at radius 1 is 0.970 bits per heavy atom. The lowest BCUT2D eigenvalue weighted by Crippen LogP contribution is -2.32. The minimum absolute atomic E-state index is 0.272. The van der Waals surface area contributed by atoms with E-state index in [9.17, 15) is 4.39 Å². The van der Waals surface area contributed by atoms with Crippen LogP contribution >= 0.6 is 11.8 Å². The third kappa shape index (κ3) is 3.31. The SMILES string of the molecule is CSc1nc2n(n1)[C@H](c1ccc(F)cc1)C1=C(N2)c2ccccc2O[C@@H]1c1ccc(C)cc1. The first-order valence-electron chi connectivity index (χ1n) is 10.7. The van der Waals surface area contributed by atoms with Crippen LogP contribution in [0.25, 0.3) is 5.70 Å². The molecule has 6 rings (SSSR count). The average Bonchev–Trinajstić information content (AvgIpc) is 3.26. The van der Waals surface area contributed by atoms with Crippen molar-refractivity contribution in [3.63, 3.8) is 0 Å². The summed E-state index contributed by atoms with van der Waals surface area (Å²) in [6, 6.07) is 22.7.